The first kappa shape index (κ1) is 17.0. The van der Waals surface area contributed by atoms with E-state index in [9.17, 15) is 4.79 Å². The zero-order chi connectivity index (χ0) is 16.9. The minimum Gasteiger partial charge on any atom is -0.378 e. The van der Waals surface area contributed by atoms with Crippen molar-refractivity contribution in [3.05, 3.63) is 41.7 Å². The molecule has 0 N–H and O–H groups in total. The van der Waals surface area contributed by atoms with E-state index < -0.39 is 0 Å². The zero-order valence-corrected chi connectivity index (χ0v) is 14.8. The van der Waals surface area contributed by atoms with E-state index in [1.54, 1.807) is 0 Å². The molecule has 0 bridgehead atoms. The predicted octanol–water partition coefficient (Wildman–Crippen LogP) is 2.08. The minimum atomic E-state index is 0.0674. The number of aromatic nitrogens is 2. The van der Waals surface area contributed by atoms with Crippen LogP contribution in [0.1, 0.15) is 22.6 Å². The number of morpholine rings is 1. The molecule has 0 saturated carbocycles. The van der Waals surface area contributed by atoms with E-state index in [4.69, 9.17) is 4.74 Å². The van der Waals surface area contributed by atoms with Gasteiger partial charge in [-0.3, -0.25) is 9.69 Å². The topological polar surface area (TPSA) is 58.6 Å². The van der Waals surface area contributed by atoms with Crippen LogP contribution in [-0.2, 0) is 11.3 Å². The number of benzene rings is 1. The van der Waals surface area contributed by atoms with Crippen molar-refractivity contribution in [2.45, 2.75) is 19.0 Å². The van der Waals surface area contributed by atoms with Crippen molar-refractivity contribution in [2.24, 2.45) is 0 Å². The Morgan fingerprint density at radius 2 is 2.17 bits per heavy atom. The predicted molar refractivity (Wildman–Crippen MR) is 94.6 cm³/mol. The summed E-state index contributed by atoms with van der Waals surface area (Å²) in [5.41, 5.74) is 0.754. The monoisotopic (exact) mass is 346 g/mol. The van der Waals surface area contributed by atoms with Crippen LogP contribution in [0.25, 0.3) is 0 Å². The molecule has 1 aliphatic rings. The van der Waals surface area contributed by atoms with Gasteiger partial charge in [-0.05, 0) is 0 Å². The molecule has 2 aromatic rings. The molecule has 6 nitrogen and oxygen atoms in total. The highest BCUT2D eigenvalue weighted by molar-refractivity contribution is 7.09. The second-order valence-corrected chi connectivity index (χ2v) is 6.81. The maximum absolute atomic E-state index is 12.5. The van der Waals surface area contributed by atoms with Crippen molar-refractivity contribution < 1.29 is 9.53 Å². The Labute approximate surface area is 146 Å². The fourth-order valence-corrected chi connectivity index (χ4v) is 3.31. The largest absolute Gasteiger partial charge is 0.378 e. The summed E-state index contributed by atoms with van der Waals surface area (Å²) in [6, 6.07) is 9.50. The molecule has 1 saturated heterocycles. The summed E-state index contributed by atoms with van der Waals surface area (Å²) in [5, 5.41) is 0.898. The number of rotatable bonds is 6. The highest BCUT2D eigenvalue weighted by Gasteiger charge is 2.27. The molecule has 7 heteroatoms. The Morgan fingerprint density at radius 1 is 1.38 bits per heavy atom. The van der Waals surface area contributed by atoms with Gasteiger partial charge < -0.3 is 9.64 Å². The molecule has 1 atom stereocenters. The van der Waals surface area contributed by atoms with Gasteiger partial charge in [0.25, 0.3) is 0 Å². The number of nitrogens with zero attached hydrogens (tertiary/aromatic N) is 4. The maximum Gasteiger partial charge on any atom is 0.204 e. The lowest BCUT2D eigenvalue weighted by molar-refractivity contribution is -0.0135. The molecule has 3 rings (SSSR count). The maximum atomic E-state index is 12.5. The van der Waals surface area contributed by atoms with Gasteiger partial charge in [-0.1, -0.05) is 30.3 Å². The van der Waals surface area contributed by atoms with E-state index >= 15 is 0 Å². The van der Waals surface area contributed by atoms with Gasteiger partial charge in [0.1, 0.15) is 0 Å². The van der Waals surface area contributed by atoms with Crippen molar-refractivity contribution in [3.8, 4) is 0 Å². The molecule has 0 aliphatic carbocycles. The quantitative estimate of drug-likeness (QED) is 0.747. The number of ketones is 1. The average molecular weight is 346 g/mol. The van der Waals surface area contributed by atoms with Crippen LogP contribution in [0.4, 0.5) is 5.13 Å². The lowest BCUT2D eigenvalue weighted by Crippen LogP contribution is -2.46. The fraction of sp³-hybridized carbons (Fsp3) is 0.471. The molecule has 1 aromatic heterocycles. The van der Waals surface area contributed by atoms with Gasteiger partial charge >= 0.3 is 0 Å². The Balaban J connectivity index is 1.65. The lowest BCUT2D eigenvalue weighted by Gasteiger charge is -2.34. The second-order valence-electron chi connectivity index (χ2n) is 6.08. The first-order valence-corrected chi connectivity index (χ1v) is 8.81. The number of carbonyl (C=O) groups is 1. The van der Waals surface area contributed by atoms with Crippen LogP contribution in [0, 0.1) is 0 Å². The van der Waals surface area contributed by atoms with Crippen molar-refractivity contribution in [2.75, 3.05) is 38.8 Å². The third kappa shape index (κ3) is 4.17. The van der Waals surface area contributed by atoms with Gasteiger partial charge in [0.2, 0.25) is 5.13 Å². The molecule has 24 heavy (non-hydrogen) atoms. The molecular weight excluding hydrogens is 324 g/mol. The summed E-state index contributed by atoms with van der Waals surface area (Å²) in [6.07, 6.45) is 0.453. The lowest BCUT2D eigenvalue weighted by atomic mass is 10.0. The molecule has 0 amide bonds. The third-order valence-corrected chi connectivity index (χ3v) is 4.97. The van der Waals surface area contributed by atoms with Gasteiger partial charge in [-0.25, -0.2) is 4.98 Å². The summed E-state index contributed by atoms with van der Waals surface area (Å²) in [4.78, 5) is 21.2. The van der Waals surface area contributed by atoms with Crippen molar-refractivity contribution in [1.82, 2.24) is 14.3 Å². The normalized spacial score (nSPS) is 18.5. The molecule has 1 aromatic carbocycles. The zero-order valence-electron chi connectivity index (χ0n) is 14.0. The molecule has 128 valence electrons. The van der Waals surface area contributed by atoms with Crippen LogP contribution in [0.2, 0.25) is 0 Å². The highest BCUT2D eigenvalue weighted by atomic mass is 32.1. The Kier molecular flexibility index (Phi) is 5.55. The van der Waals surface area contributed by atoms with Crippen molar-refractivity contribution in [1.29, 1.82) is 0 Å². The van der Waals surface area contributed by atoms with Crippen molar-refractivity contribution in [3.63, 3.8) is 0 Å². The van der Waals surface area contributed by atoms with Gasteiger partial charge in [0.15, 0.2) is 11.6 Å². The van der Waals surface area contributed by atoms with Crippen LogP contribution in [0.3, 0.4) is 0 Å². The van der Waals surface area contributed by atoms with E-state index in [1.807, 2.05) is 49.3 Å². The minimum absolute atomic E-state index is 0.0674. The van der Waals surface area contributed by atoms with E-state index in [0.29, 0.717) is 26.2 Å². The van der Waals surface area contributed by atoms with Gasteiger partial charge in [0.05, 0.1) is 19.8 Å². The van der Waals surface area contributed by atoms with Crippen LogP contribution in [0.5, 0.6) is 0 Å². The van der Waals surface area contributed by atoms with Crippen LogP contribution < -0.4 is 4.90 Å². The van der Waals surface area contributed by atoms with E-state index in [2.05, 4.69) is 14.3 Å². The summed E-state index contributed by atoms with van der Waals surface area (Å²) in [7, 11) is 3.92. The van der Waals surface area contributed by atoms with Gasteiger partial charge in [0, 0.05) is 50.2 Å². The number of hydrogen-bond donors (Lipinski definition) is 0. The Bertz CT molecular complexity index is 674. The first-order chi connectivity index (χ1) is 11.6. The number of carbonyl (C=O) groups excluding carboxylic acids is 1. The van der Waals surface area contributed by atoms with Crippen LogP contribution in [0.15, 0.2) is 30.3 Å². The first-order valence-electron chi connectivity index (χ1n) is 8.03. The van der Waals surface area contributed by atoms with E-state index in [0.717, 1.165) is 23.1 Å². The van der Waals surface area contributed by atoms with Gasteiger partial charge in [-0.15, -0.1) is 0 Å². The second kappa shape index (κ2) is 7.83. The van der Waals surface area contributed by atoms with E-state index in [-0.39, 0.29) is 11.8 Å². The summed E-state index contributed by atoms with van der Waals surface area (Å²) in [6.45, 7) is 2.70. The SMILES string of the molecule is CN(C)c1nc(CN2CCOCC2CC(=O)c2ccccc2)ns1. The fourth-order valence-electron chi connectivity index (χ4n) is 2.71. The molecule has 1 unspecified atom stereocenters. The molecule has 0 radical (unpaired) electrons. The third-order valence-electron chi connectivity index (χ3n) is 4.05. The Morgan fingerprint density at radius 3 is 2.88 bits per heavy atom. The number of hydrogen-bond acceptors (Lipinski definition) is 7. The van der Waals surface area contributed by atoms with Crippen LogP contribution >= 0.6 is 11.5 Å². The Hall–Kier alpha value is -1.83. The smallest absolute Gasteiger partial charge is 0.204 e. The molecule has 0 spiro atoms. The average Bonchev–Trinajstić information content (AvgIpc) is 3.06. The standard InChI is InChI=1S/C17H22N4O2S/c1-20(2)17-18-16(19-24-17)11-21-8-9-23-12-14(21)10-15(22)13-6-4-3-5-7-13/h3-7,14H,8-12H2,1-2H3. The van der Waals surface area contributed by atoms with E-state index in [1.165, 1.54) is 11.5 Å². The molecule has 1 aliphatic heterocycles. The number of Topliss-reactive ketones (excluding diaryl/α,β-unsaturated/α-hetero) is 1. The highest BCUT2D eigenvalue weighted by Crippen LogP contribution is 2.19. The molecule has 2 heterocycles. The number of anilines is 1. The van der Waals surface area contributed by atoms with Gasteiger partial charge in [-0.2, -0.15) is 4.37 Å². The number of ether oxygens (including phenoxy) is 1. The summed E-state index contributed by atoms with van der Waals surface area (Å²) in [5.74, 6) is 0.957. The van der Waals surface area contributed by atoms with Crippen LogP contribution in [-0.4, -0.2) is 59.9 Å². The summed E-state index contributed by atoms with van der Waals surface area (Å²) >= 11 is 1.40. The summed E-state index contributed by atoms with van der Waals surface area (Å²) < 4.78 is 10.0. The van der Waals surface area contributed by atoms with Crippen molar-refractivity contribution >= 4 is 22.4 Å². The molecular formula is C17H22N4O2S. The molecule has 1 fully saturated rings.